The fraction of sp³-hybridized carbons (Fsp3) is 0.780. The molecular formula is C50H76O15. The van der Waals surface area contributed by atoms with Gasteiger partial charge in [0.05, 0.1) is 54.9 Å². The molecule has 4 saturated heterocycles. The van der Waals surface area contributed by atoms with Crippen molar-refractivity contribution in [2.24, 2.45) is 23.7 Å². The van der Waals surface area contributed by atoms with Crippen molar-refractivity contribution in [3.63, 3.8) is 0 Å². The van der Waals surface area contributed by atoms with Gasteiger partial charge in [0.2, 0.25) is 0 Å². The van der Waals surface area contributed by atoms with E-state index >= 15 is 0 Å². The molecule has 2 bridgehead atoms. The molecule has 21 atom stereocenters. The van der Waals surface area contributed by atoms with Crippen molar-refractivity contribution in [3.05, 3.63) is 59.3 Å². The van der Waals surface area contributed by atoms with Crippen LogP contribution >= 0.6 is 0 Å². The van der Waals surface area contributed by atoms with Crippen LogP contribution in [0.2, 0.25) is 0 Å². The van der Waals surface area contributed by atoms with Gasteiger partial charge in [-0.2, -0.15) is 0 Å². The Balaban J connectivity index is 1.18. The van der Waals surface area contributed by atoms with E-state index in [-0.39, 0.29) is 54.7 Å². The van der Waals surface area contributed by atoms with Crippen LogP contribution in [-0.2, 0) is 61.6 Å². The largest absolute Gasteiger partial charge is 0.459 e. The first-order chi connectivity index (χ1) is 31.0. The van der Waals surface area contributed by atoms with Crippen LogP contribution in [-0.4, -0.2) is 155 Å². The molecule has 366 valence electrons. The zero-order valence-electron chi connectivity index (χ0n) is 40.5. The van der Waals surface area contributed by atoms with E-state index in [1.807, 2.05) is 39.0 Å². The lowest BCUT2D eigenvalue weighted by Gasteiger charge is -2.48. The maximum atomic E-state index is 14.4. The van der Waals surface area contributed by atoms with Gasteiger partial charge in [0.1, 0.15) is 42.2 Å². The minimum atomic E-state index is -1.90. The maximum absolute atomic E-state index is 14.4. The number of aliphatic hydroxyl groups excluding tert-OH is 1. The summed E-state index contributed by atoms with van der Waals surface area (Å²) < 4.78 is 76.2. The number of hydrogen-bond acceptors (Lipinski definition) is 15. The highest BCUT2D eigenvalue weighted by molar-refractivity contribution is 5.93. The number of esters is 1. The van der Waals surface area contributed by atoms with Gasteiger partial charge in [-0.15, -0.1) is 0 Å². The minimum Gasteiger partial charge on any atom is -0.459 e. The molecular weight excluding hydrogens is 841 g/mol. The molecule has 0 aromatic carbocycles. The molecule has 65 heavy (non-hydrogen) atoms. The second kappa shape index (κ2) is 21.1. The van der Waals surface area contributed by atoms with Crippen LogP contribution < -0.4 is 0 Å². The Morgan fingerprint density at radius 2 is 1.57 bits per heavy atom. The number of methoxy groups -OCH3 is 4. The number of carbonyl (C=O) groups is 1. The molecule has 0 aromatic rings. The SMILES string of the molecule is CC[C@H](C)[C@H]1O[C@]2(C=C[C@@H]1C)C[C@@H]1C[C@@H](C/C=C(\C)[C@@H](O[C@H]3C[C@H](OC)[C@@H](O[C@@H]4O[C@@H](C)[C@@H](OC)[C@@H](OC)[C@@H]4OC)[C@H](C)O3)[C@@H](C)/C=C/C=C3\CO[C@@H]4[C@H](O)[C@@H](C)C=C(C(=O)O1)[C@]34O)O2. The van der Waals surface area contributed by atoms with E-state index in [0.717, 1.165) is 12.0 Å². The van der Waals surface area contributed by atoms with Crippen molar-refractivity contribution < 1.29 is 71.8 Å². The molecule has 0 amide bonds. The van der Waals surface area contributed by atoms with Crippen LogP contribution in [0.1, 0.15) is 87.5 Å². The van der Waals surface area contributed by atoms with E-state index in [1.165, 1.54) is 0 Å². The van der Waals surface area contributed by atoms with Crippen molar-refractivity contribution in [1.82, 2.24) is 0 Å². The number of aliphatic hydroxyl groups is 2. The Kier molecular flexibility index (Phi) is 16.4. The molecule has 4 fully saturated rings. The Morgan fingerprint density at radius 1 is 0.846 bits per heavy atom. The second-order valence-corrected chi connectivity index (χ2v) is 19.5. The van der Waals surface area contributed by atoms with E-state index < -0.39 is 96.9 Å². The number of rotatable bonds is 10. The van der Waals surface area contributed by atoms with Crippen LogP contribution in [0.15, 0.2) is 59.3 Å². The lowest BCUT2D eigenvalue weighted by Crippen LogP contribution is -2.62. The van der Waals surface area contributed by atoms with Gasteiger partial charge in [-0.1, -0.05) is 77.5 Å². The normalized spacial score (nSPS) is 48.6. The van der Waals surface area contributed by atoms with Gasteiger partial charge in [0.15, 0.2) is 18.4 Å². The summed E-state index contributed by atoms with van der Waals surface area (Å²) in [5, 5.41) is 23.8. The summed E-state index contributed by atoms with van der Waals surface area (Å²) in [5.74, 6) is -2.01. The van der Waals surface area contributed by atoms with E-state index in [1.54, 1.807) is 47.5 Å². The molecule has 1 aliphatic carbocycles. The molecule has 7 rings (SSSR count). The Hall–Kier alpha value is -2.35. The highest BCUT2D eigenvalue weighted by Crippen LogP contribution is 2.47. The van der Waals surface area contributed by atoms with Crippen molar-refractivity contribution in [3.8, 4) is 0 Å². The first kappa shape index (κ1) is 50.5. The van der Waals surface area contributed by atoms with Crippen molar-refractivity contribution >= 4 is 5.97 Å². The number of fused-ring (bicyclic) bond motifs is 2. The van der Waals surface area contributed by atoms with Crippen LogP contribution in [0, 0.1) is 23.7 Å². The van der Waals surface area contributed by atoms with Gasteiger partial charge in [-0.05, 0) is 50.3 Å². The van der Waals surface area contributed by atoms with Crippen molar-refractivity contribution in [2.75, 3.05) is 35.0 Å². The lowest BCUT2D eigenvalue weighted by molar-refractivity contribution is -0.346. The Bertz CT molecular complexity index is 1800. The molecule has 0 aromatic heterocycles. The molecule has 15 heteroatoms. The molecule has 0 unspecified atom stereocenters. The van der Waals surface area contributed by atoms with Gasteiger partial charge in [-0.25, -0.2) is 4.79 Å². The van der Waals surface area contributed by atoms with Gasteiger partial charge >= 0.3 is 5.97 Å². The first-order valence-corrected chi connectivity index (χ1v) is 23.8. The van der Waals surface area contributed by atoms with Gasteiger partial charge in [0, 0.05) is 65.5 Å². The van der Waals surface area contributed by atoms with Gasteiger partial charge < -0.3 is 67.1 Å². The average Bonchev–Trinajstić information content (AvgIpc) is 3.62. The van der Waals surface area contributed by atoms with E-state index in [0.29, 0.717) is 24.8 Å². The van der Waals surface area contributed by atoms with E-state index in [4.69, 9.17) is 56.8 Å². The molecule has 7 aliphatic rings. The highest BCUT2D eigenvalue weighted by Gasteiger charge is 2.59. The zero-order chi connectivity index (χ0) is 47.0. The highest BCUT2D eigenvalue weighted by atomic mass is 16.7. The van der Waals surface area contributed by atoms with Crippen LogP contribution in [0.5, 0.6) is 0 Å². The van der Waals surface area contributed by atoms with E-state index in [2.05, 4.69) is 39.8 Å². The maximum Gasteiger partial charge on any atom is 0.337 e. The predicted molar refractivity (Wildman–Crippen MR) is 238 cm³/mol. The molecule has 0 saturated carbocycles. The minimum absolute atomic E-state index is 0.0217. The molecule has 6 heterocycles. The number of ether oxygens (including phenoxy) is 12. The summed E-state index contributed by atoms with van der Waals surface area (Å²) in [7, 11) is 6.49. The fourth-order valence-electron chi connectivity index (χ4n) is 11.1. The number of allylic oxidation sites excluding steroid dienone is 2. The van der Waals surface area contributed by atoms with Crippen LogP contribution in [0.4, 0.5) is 0 Å². The van der Waals surface area contributed by atoms with Crippen molar-refractivity contribution in [1.29, 1.82) is 0 Å². The molecule has 1 spiro atoms. The van der Waals surface area contributed by atoms with Gasteiger partial charge in [-0.3, -0.25) is 0 Å². The van der Waals surface area contributed by atoms with Crippen molar-refractivity contribution in [2.45, 2.75) is 191 Å². The fourth-order valence-corrected chi connectivity index (χ4v) is 11.1. The Labute approximate surface area is 385 Å². The summed E-state index contributed by atoms with van der Waals surface area (Å²) >= 11 is 0. The third-order valence-corrected chi connectivity index (χ3v) is 15.0. The summed E-state index contributed by atoms with van der Waals surface area (Å²) in [6.45, 7) is 16.3. The third kappa shape index (κ3) is 10.2. The molecule has 2 N–H and O–H groups in total. The van der Waals surface area contributed by atoms with Crippen LogP contribution in [0.25, 0.3) is 0 Å². The predicted octanol–water partition coefficient (Wildman–Crippen LogP) is 5.66. The standard InChI is InChI=1S/C50H76O15/c1-13-26(2)41-29(5)19-20-49(65-41)24-35-22-34(64-49)18-17-28(4)40(27(3)15-14-16-33-25-58-46-39(51)30(6)21-36(47(52)61-35)50(33,46)53)62-38-23-37(54-9)42(31(7)59-38)63-48-45(57-12)44(56-11)43(55-10)32(8)60-48/h14-17,19-21,26-27,29-32,34-35,37-46,48,51,53H,13,18,22-25H2,1-12H3/b15-14+,28-17+,33-16+/t26-,27-,29-,30-,31-,32-,34+,35-,37-,38-,39+,40-,41+,42-,43+,44+,45-,46+,48-,49+,50+/m0/s1. The molecule has 0 radical (unpaired) electrons. The zero-order valence-corrected chi connectivity index (χ0v) is 40.5. The second-order valence-electron chi connectivity index (χ2n) is 19.5. The third-order valence-electron chi connectivity index (χ3n) is 15.0. The molecule has 6 aliphatic heterocycles. The lowest BCUT2D eigenvalue weighted by atomic mass is 9.72. The Morgan fingerprint density at radius 3 is 2.26 bits per heavy atom. The monoisotopic (exact) mass is 917 g/mol. The topological polar surface area (TPSA) is 168 Å². The summed E-state index contributed by atoms with van der Waals surface area (Å²) in [6.07, 6.45) is 7.81. The quantitative estimate of drug-likeness (QED) is 0.204. The number of carbonyl (C=O) groups excluding carboxylic acids is 1. The average molecular weight is 917 g/mol. The summed E-state index contributed by atoms with van der Waals surface area (Å²) in [6, 6.07) is 0. The molecule has 15 nitrogen and oxygen atoms in total. The summed E-state index contributed by atoms with van der Waals surface area (Å²) in [5.41, 5.74) is -0.435. The van der Waals surface area contributed by atoms with Gasteiger partial charge in [0.25, 0.3) is 0 Å². The first-order valence-electron chi connectivity index (χ1n) is 23.8. The van der Waals surface area contributed by atoms with Crippen LogP contribution in [0.3, 0.4) is 0 Å². The van der Waals surface area contributed by atoms with E-state index in [9.17, 15) is 15.0 Å². The number of hydrogen-bond donors (Lipinski definition) is 2. The smallest absolute Gasteiger partial charge is 0.337 e. The summed E-state index contributed by atoms with van der Waals surface area (Å²) in [4.78, 5) is 14.4.